The summed E-state index contributed by atoms with van der Waals surface area (Å²) >= 11 is 6.46. The second-order valence-electron chi connectivity index (χ2n) is 7.83. The zero-order valence-corrected chi connectivity index (χ0v) is 20.0. The van der Waals surface area contributed by atoms with Gasteiger partial charge in [-0.3, -0.25) is 9.78 Å². The summed E-state index contributed by atoms with van der Waals surface area (Å²) in [5.74, 6) is 1.33. The van der Waals surface area contributed by atoms with Gasteiger partial charge in [0.1, 0.15) is 29.7 Å². The van der Waals surface area contributed by atoms with Gasteiger partial charge in [-0.2, -0.15) is 0 Å². The minimum absolute atomic E-state index is 0.309. The number of aromatic nitrogens is 3. The smallest absolute Gasteiger partial charge is 0.248 e. The molecule has 0 bridgehead atoms. The SMILES string of the molecule is Cc1ccc(Oc2ccc(Nc3ncnc4ccc(/C=C/CNC(=O)[C@H](C)O)cc34)cc2Cl)cn1. The van der Waals surface area contributed by atoms with E-state index < -0.39 is 12.0 Å². The van der Waals surface area contributed by atoms with Crippen LogP contribution in [0.15, 0.2) is 67.1 Å². The van der Waals surface area contributed by atoms with Crippen LogP contribution >= 0.6 is 11.6 Å². The van der Waals surface area contributed by atoms with Crippen molar-refractivity contribution in [2.75, 3.05) is 11.9 Å². The molecule has 0 saturated carbocycles. The molecular weight excluding hydrogens is 466 g/mol. The van der Waals surface area contributed by atoms with E-state index in [1.165, 1.54) is 13.3 Å². The summed E-state index contributed by atoms with van der Waals surface area (Å²) in [5, 5.41) is 16.4. The van der Waals surface area contributed by atoms with E-state index in [2.05, 4.69) is 25.6 Å². The van der Waals surface area contributed by atoms with E-state index in [-0.39, 0.29) is 0 Å². The lowest BCUT2D eigenvalue weighted by atomic mass is 10.1. The molecule has 0 radical (unpaired) electrons. The topological polar surface area (TPSA) is 109 Å². The lowest BCUT2D eigenvalue weighted by Crippen LogP contribution is -2.32. The molecule has 2 aromatic carbocycles. The summed E-state index contributed by atoms with van der Waals surface area (Å²) in [6.45, 7) is 3.64. The number of halogens is 1. The second-order valence-corrected chi connectivity index (χ2v) is 8.24. The summed E-state index contributed by atoms with van der Waals surface area (Å²) in [6, 6.07) is 14.9. The number of rotatable bonds is 8. The highest BCUT2D eigenvalue weighted by molar-refractivity contribution is 6.32. The maximum absolute atomic E-state index is 11.5. The second kappa shape index (κ2) is 10.9. The van der Waals surface area contributed by atoms with Gasteiger partial charge in [0.25, 0.3) is 0 Å². The molecule has 0 aliphatic rings. The number of aliphatic hydroxyl groups excluding tert-OH is 1. The van der Waals surface area contributed by atoms with Crippen molar-refractivity contribution in [1.82, 2.24) is 20.3 Å². The predicted octanol–water partition coefficient (Wildman–Crippen LogP) is 5.03. The first-order valence-electron chi connectivity index (χ1n) is 10.9. The number of aryl methyl sites for hydroxylation is 1. The number of aliphatic hydroxyl groups is 1. The molecule has 0 spiro atoms. The van der Waals surface area contributed by atoms with Crippen LogP contribution in [0.25, 0.3) is 17.0 Å². The van der Waals surface area contributed by atoms with Crippen molar-refractivity contribution in [1.29, 1.82) is 0 Å². The first-order chi connectivity index (χ1) is 16.9. The zero-order valence-electron chi connectivity index (χ0n) is 19.2. The summed E-state index contributed by atoms with van der Waals surface area (Å²) in [4.78, 5) is 24.4. The van der Waals surface area contributed by atoms with Crippen molar-refractivity contribution in [2.45, 2.75) is 20.0 Å². The van der Waals surface area contributed by atoms with E-state index in [0.717, 1.165) is 27.8 Å². The highest BCUT2D eigenvalue weighted by atomic mass is 35.5. The van der Waals surface area contributed by atoms with E-state index >= 15 is 0 Å². The van der Waals surface area contributed by atoms with Gasteiger partial charge in [0.05, 0.1) is 16.7 Å². The molecule has 0 aliphatic carbocycles. The Morgan fingerprint density at radius 2 is 2.00 bits per heavy atom. The zero-order chi connectivity index (χ0) is 24.8. The third kappa shape index (κ3) is 6.32. The van der Waals surface area contributed by atoms with E-state index in [9.17, 15) is 9.90 Å². The summed E-state index contributed by atoms with van der Waals surface area (Å²) in [7, 11) is 0. The number of anilines is 2. The van der Waals surface area contributed by atoms with Crippen molar-refractivity contribution in [3.63, 3.8) is 0 Å². The average molecular weight is 490 g/mol. The van der Waals surface area contributed by atoms with Crippen LogP contribution in [-0.2, 0) is 4.79 Å². The lowest BCUT2D eigenvalue weighted by molar-refractivity contribution is -0.128. The van der Waals surface area contributed by atoms with Gasteiger partial charge >= 0.3 is 0 Å². The molecule has 0 aliphatic heterocycles. The fourth-order valence-electron chi connectivity index (χ4n) is 3.22. The molecule has 0 fully saturated rings. The molecule has 1 atom stereocenters. The Hall–Kier alpha value is -4.01. The molecule has 8 nitrogen and oxygen atoms in total. The standard InChI is InChI=1S/C26H24ClN5O3/c1-16-5-8-20(14-29-16)35-24-10-7-19(13-22(24)27)32-25-21-12-18(6-9-23(21)30-15-31-25)4-3-11-28-26(34)17(2)33/h3-10,12-15,17,33H,11H2,1-2H3,(H,28,34)(H,30,31,32)/b4-3+/t17-/m0/s1. The minimum Gasteiger partial charge on any atom is -0.454 e. The Morgan fingerprint density at radius 1 is 1.14 bits per heavy atom. The number of nitrogens with zero attached hydrogens (tertiary/aromatic N) is 3. The number of benzene rings is 2. The molecule has 2 heterocycles. The van der Waals surface area contributed by atoms with E-state index in [1.54, 1.807) is 24.4 Å². The predicted molar refractivity (Wildman–Crippen MR) is 137 cm³/mol. The van der Waals surface area contributed by atoms with Gasteiger partial charge < -0.3 is 20.5 Å². The van der Waals surface area contributed by atoms with Crippen LogP contribution in [0.2, 0.25) is 5.02 Å². The largest absolute Gasteiger partial charge is 0.454 e. The number of hydrogen-bond acceptors (Lipinski definition) is 7. The molecule has 2 aromatic heterocycles. The van der Waals surface area contributed by atoms with Gasteiger partial charge in [-0.25, -0.2) is 9.97 Å². The molecule has 35 heavy (non-hydrogen) atoms. The third-order valence-electron chi connectivity index (χ3n) is 5.05. The molecule has 0 saturated heterocycles. The fraction of sp³-hybridized carbons (Fsp3) is 0.154. The number of nitrogens with one attached hydrogen (secondary N) is 2. The van der Waals surface area contributed by atoms with Gasteiger partial charge in [0.15, 0.2) is 0 Å². The molecule has 4 aromatic rings. The number of ether oxygens (including phenoxy) is 1. The van der Waals surface area contributed by atoms with Crippen molar-refractivity contribution in [3.8, 4) is 11.5 Å². The third-order valence-corrected chi connectivity index (χ3v) is 5.35. The molecule has 3 N–H and O–H groups in total. The number of carbonyl (C=O) groups is 1. The highest BCUT2D eigenvalue weighted by Crippen LogP contribution is 2.33. The van der Waals surface area contributed by atoms with E-state index in [0.29, 0.717) is 28.9 Å². The summed E-state index contributed by atoms with van der Waals surface area (Å²) in [5.41, 5.74) is 3.34. The molecule has 4 rings (SSSR count). The molecule has 9 heteroatoms. The molecule has 178 valence electrons. The quantitative estimate of drug-likeness (QED) is 0.318. The van der Waals surface area contributed by atoms with Gasteiger partial charge in [0.2, 0.25) is 5.91 Å². The van der Waals surface area contributed by atoms with Crippen LogP contribution < -0.4 is 15.4 Å². The van der Waals surface area contributed by atoms with Gasteiger partial charge in [-0.05, 0) is 61.9 Å². The Kier molecular flexibility index (Phi) is 7.54. The van der Waals surface area contributed by atoms with Crippen molar-refractivity contribution < 1.29 is 14.6 Å². The Labute approximate surface area is 207 Å². The van der Waals surface area contributed by atoms with Crippen LogP contribution in [0.4, 0.5) is 11.5 Å². The van der Waals surface area contributed by atoms with Crippen molar-refractivity contribution >= 4 is 46.0 Å². The van der Waals surface area contributed by atoms with Crippen molar-refractivity contribution in [3.05, 3.63) is 83.4 Å². The van der Waals surface area contributed by atoms with Crippen LogP contribution in [0.1, 0.15) is 18.2 Å². The normalized spacial score (nSPS) is 12.0. The summed E-state index contributed by atoms with van der Waals surface area (Å²) < 4.78 is 5.83. The van der Waals surface area contributed by atoms with Crippen LogP contribution in [-0.4, -0.2) is 38.6 Å². The lowest BCUT2D eigenvalue weighted by Gasteiger charge is -2.12. The molecule has 1 amide bonds. The minimum atomic E-state index is -1.04. The number of hydrogen-bond donors (Lipinski definition) is 3. The summed E-state index contributed by atoms with van der Waals surface area (Å²) in [6.07, 6.45) is 5.79. The first kappa shape index (κ1) is 24.1. The average Bonchev–Trinajstić information content (AvgIpc) is 2.85. The fourth-order valence-corrected chi connectivity index (χ4v) is 3.44. The van der Waals surface area contributed by atoms with Crippen LogP contribution in [0.3, 0.4) is 0 Å². The van der Waals surface area contributed by atoms with Crippen LogP contribution in [0, 0.1) is 6.92 Å². The maximum Gasteiger partial charge on any atom is 0.248 e. The highest BCUT2D eigenvalue weighted by Gasteiger charge is 2.09. The number of pyridine rings is 1. The number of fused-ring (bicyclic) bond motifs is 1. The van der Waals surface area contributed by atoms with Crippen molar-refractivity contribution in [2.24, 2.45) is 0 Å². The molecule has 0 unspecified atom stereocenters. The monoisotopic (exact) mass is 489 g/mol. The number of carbonyl (C=O) groups excluding carboxylic acids is 1. The maximum atomic E-state index is 11.5. The van der Waals surface area contributed by atoms with Crippen LogP contribution in [0.5, 0.6) is 11.5 Å². The Bertz CT molecular complexity index is 1370. The van der Waals surface area contributed by atoms with Gasteiger partial charge in [-0.1, -0.05) is 29.8 Å². The number of amides is 1. The Balaban J connectivity index is 1.50. The van der Waals surface area contributed by atoms with Gasteiger partial charge in [0, 0.05) is 23.3 Å². The Morgan fingerprint density at radius 3 is 2.74 bits per heavy atom. The van der Waals surface area contributed by atoms with Gasteiger partial charge in [-0.15, -0.1) is 0 Å². The first-order valence-corrected chi connectivity index (χ1v) is 11.3. The molecular formula is C26H24ClN5O3. The van der Waals surface area contributed by atoms with E-state index in [4.69, 9.17) is 16.3 Å². The van der Waals surface area contributed by atoms with E-state index in [1.807, 2.05) is 49.4 Å².